The Morgan fingerprint density at radius 1 is 1.00 bits per heavy atom. The molecule has 4 rings (SSSR count). The van der Waals surface area contributed by atoms with Crippen molar-refractivity contribution in [2.45, 2.75) is 38.1 Å². The molecule has 1 fully saturated rings. The van der Waals surface area contributed by atoms with Crippen LogP contribution in [0.2, 0.25) is 10.0 Å². The van der Waals surface area contributed by atoms with Gasteiger partial charge in [-0.1, -0.05) is 60.7 Å². The maximum absolute atomic E-state index is 13.4. The van der Waals surface area contributed by atoms with E-state index in [1.165, 1.54) is 11.3 Å². The Morgan fingerprint density at radius 3 is 2.34 bits per heavy atom. The largest absolute Gasteiger partial charge is 0.497 e. The number of hydrogen-bond donors (Lipinski definition) is 4. The van der Waals surface area contributed by atoms with Crippen LogP contribution in [0.3, 0.4) is 0 Å². The summed E-state index contributed by atoms with van der Waals surface area (Å²) in [6, 6.07) is 12.1. The number of methoxy groups -OCH3 is 1. The number of rotatable bonds is 8. The Bertz CT molecular complexity index is 1320. The van der Waals surface area contributed by atoms with E-state index in [0.29, 0.717) is 10.6 Å². The number of thiophene rings is 1. The molecule has 1 aliphatic carbocycles. The monoisotopic (exact) mass is 575 g/mol. The van der Waals surface area contributed by atoms with Crippen molar-refractivity contribution < 1.29 is 24.2 Å². The molecule has 3 amide bonds. The first kappa shape index (κ1) is 27.8. The number of amides is 3. The minimum Gasteiger partial charge on any atom is -0.497 e. The molecule has 1 saturated carbocycles. The second-order valence-corrected chi connectivity index (χ2v) is 10.8. The minimum atomic E-state index is -1.07. The van der Waals surface area contributed by atoms with Crippen molar-refractivity contribution in [3.63, 3.8) is 0 Å². The van der Waals surface area contributed by atoms with Crippen LogP contribution in [0, 0.1) is 5.92 Å². The number of benzene rings is 2. The molecular weight excluding hydrogens is 549 g/mol. The van der Waals surface area contributed by atoms with Crippen molar-refractivity contribution in [1.82, 2.24) is 5.32 Å². The third-order valence-electron chi connectivity index (χ3n) is 6.43. The molecule has 1 aromatic heterocycles. The van der Waals surface area contributed by atoms with Gasteiger partial charge < -0.3 is 20.5 Å². The minimum absolute atomic E-state index is 0.148. The van der Waals surface area contributed by atoms with Gasteiger partial charge in [0.05, 0.1) is 28.4 Å². The highest BCUT2D eigenvalue weighted by Crippen LogP contribution is 2.38. The van der Waals surface area contributed by atoms with Crippen LogP contribution < -0.4 is 20.7 Å². The fraction of sp³-hybridized carbons (Fsp3) is 0.296. The van der Waals surface area contributed by atoms with Gasteiger partial charge in [-0.3, -0.25) is 10.1 Å². The van der Waals surface area contributed by atoms with E-state index in [9.17, 15) is 19.5 Å². The van der Waals surface area contributed by atoms with Crippen LogP contribution in [-0.4, -0.2) is 36.2 Å². The van der Waals surface area contributed by atoms with Crippen molar-refractivity contribution in [3.05, 3.63) is 64.1 Å². The standard InChI is InChI=1S/C27H27Cl2N3O5S/c1-37-17-10-5-9-16(13-17)21-14-18(24(33)30-22(26(34)35)15-7-3-2-4-8-15)25(38-21)32-27(36)31-23-19(28)11-6-12-20(23)29/h5-6,9-15,22H,2-4,7-8H2,1H3,(H,30,33)(H,34,35)(H2,31,32,36)/t22-/m0/s1. The van der Waals surface area contributed by atoms with Gasteiger partial charge in [-0.15, -0.1) is 11.3 Å². The first-order valence-electron chi connectivity index (χ1n) is 12.1. The number of para-hydroxylation sites is 1. The van der Waals surface area contributed by atoms with Crippen molar-refractivity contribution >= 4 is 63.1 Å². The van der Waals surface area contributed by atoms with Crippen LogP contribution in [0.5, 0.6) is 5.75 Å². The van der Waals surface area contributed by atoms with Gasteiger partial charge in [0, 0.05) is 4.88 Å². The number of carboxylic acid groups (broad SMARTS) is 1. The molecule has 200 valence electrons. The summed E-state index contributed by atoms with van der Waals surface area (Å²) in [6.07, 6.45) is 4.40. The van der Waals surface area contributed by atoms with E-state index < -0.39 is 23.9 Å². The van der Waals surface area contributed by atoms with Crippen molar-refractivity contribution in [2.24, 2.45) is 5.92 Å². The van der Waals surface area contributed by atoms with Crippen LogP contribution >= 0.6 is 34.5 Å². The van der Waals surface area contributed by atoms with Crippen LogP contribution in [0.4, 0.5) is 15.5 Å². The van der Waals surface area contributed by atoms with E-state index in [2.05, 4.69) is 16.0 Å². The molecule has 11 heteroatoms. The van der Waals surface area contributed by atoms with Gasteiger partial charge in [0.15, 0.2) is 0 Å². The fourth-order valence-electron chi connectivity index (χ4n) is 4.50. The van der Waals surface area contributed by atoms with Gasteiger partial charge in [0.25, 0.3) is 5.91 Å². The highest BCUT2D eigenvalue weighted by atomic mass is 35.5. The molecule has 0 spiro atoms. The van der Waals surface area contributed by atoms with E-state index >= 15 is 0 Å². The van der Waals surface area contributed by atoms with Gasteiger partial charge in [-0.2, -0.15) is 0 Å². The van der Waals surface area contributed by atoms with E-state index in [1.807, 2.05) is 18.2 Å². The van der Waals surface area contributed by atoms with Gasteiger partial charge in [-0.25, -0.2) is 9.59 Å². The molecule has 1 heterocycles. The predicted molar refractivity (Wildman–Crippen MR) is 151 cm³/mol. The average molecular weight is 577 g/mol. The third-order valence-corrected chi connectivity index (χ3v) is 8.16. The highest BCUT2D eigenvalue weighted by molar-refractivity contribution is 7.20. The number of nitrogens with one attached hydrogen (secondary N) is 3. The number of ether oxygens (including phenoxy) is 1. The van der Waals surface area contributed by atoms with Crippen molar-refractivity contribution in [2.75, 3.05) is 17.7 Å². The number of carbonyl (C=O) groups excluding carboxylic acids is 2. The van der Waals surface area contributed by atoms with Crippen LogP contribution in [0.15, 0.2) is 48.5 Å². The van der Waals surface area contributed by atoms with E-state index in [0.717, 1.165) is 37.7 Å². The molecule has 0 bridgehead atoms. The fourth-order valence-corrected chi connectivity index (χ4v) is 6.04. The Morgan fingerprint density at radius 2 is 1.68 bits per heavy atom. The van der Waals surface area contributed by atoms with Gasteiger partial charge in [0.2, 0.25) is 0 Å². The summed E-state index contributed by atoms with van der Waals surface area (Å²) in [4.78, 5) is 39.1. The van der Waals surface area contributed by atoms with E-state index in [4.69, 9.17) is 27.9 Å². The summed E-state index contributed by atoms with van der Waals surface area (Å²) in [7, 11) is 1.56. The lowest BCUT2D eigenvalue weighted by molar-refractivity contribution is -0.141. The zero-order chi connectivity index (χ0) is 27.2. The molecule has 0 radical (unpaired) electrons. The highest BCUT2D eigenvalue weighted by Gasteiger charge is 2.32. The second kappa shape index (κ2) is 12.5. The second-order valence-electron chi connectivity index (χ2n) is 8.95. The number of hydrogen-bond acceptors (Lipinski definition) is 5. The van der Waals surface area contributed by atoms with Crippen LogP contribution in [0.1, 0.15) is 42.5 Å². The Labute approximate surface area is 234 Å². The molecule has 3 aromatic rings. The molecule has 38 heavy (non-hydrogen) atoms. The smallest absolute Gasteiger partial charge is 0.326 e. The Kier molecular flexibility index (Phi) is 9.14. The van der Waals surface area contributed by atoms with Crippen molar-refractivity contribution in [1.29, 1.82) is 0 Å². The summed E-state index contributed by atoms with van der Waals surface area (Å²) in [5.41, 5.74) is 1.15. The van der Waals surface area contributed by atoms with E-state index in [1.54, 1.807) is 37.4 Å². The van der Waals surface area contributed by atoms with E-state index in [-0.39, 0.29) is 32.2 Å². The lowest BCUT2D eigenvalue weighted by Gasteiger charge is -2.28. The third kappa shape index (κ3) is 6.59. The topological polar surface area (TPSA) is 117 Å². The summed E-state index contributed by atoms with van der Waals surface area (Å²) in [5, 5.41) is 18.6. The number of carbonyl (C=O) groups is 3. The van der Waals surface area contributed by atoms with Crippen LogP contribution in [0.25, 0.3) is 10.4 Å². The number of halogens is 2. The molecule has 0 unspecified atom stereocenters. The zero-order valence-electron chi connectivity index (χ0n) is 20.6. The van der Waals surface area contributed by atoms with Gasteiger partial charge in [-0.05, 0) is 54.7 Å². The molecule has 0 saturated heterocycles. The summed E-state index contributed by atoms with van der Waals surface area (Å²) in [6.45, 7) is 0. The van der Waals surface area contributed by atoms with Gasteiger partial charge >= 0.3 is 12.0 Å². The lowest BCUT2D eigenvalue weighted by Crippen LogP contribution is -2.46. The lowest BCUT2D eigenvalue weighted by atomic mass is 9.84. The molecule has 8 nitrogen and oxygen atoms in total. The Balaban J connectivity index is 1.64. The first-order chi connectivity index (χ1) is 18.3. The maximum Gasteiger partial charge on any atom is 0.326 e. The molecule has 2 aromatic carbocycles. The number of carboxylic acids is 1. The van der Waals surface area contributed by atoms with Crippen molar-refractivity contribution in [3.8, 4) is 16.2 Å². The molecule has 0 aliphatic heterocycles. The number of anilines is 2. The zero-order valence-corrected chi connectivity index (χ0v) is 22.9. The van der Waals surface area contributed by atoms with Crippen LogP contribution in [-0.2, 0) is 4.79 Å². The quantitative estimate of drug-likeness (QED) is 0.228. The molecule has 1 aliphatic rings. The first-order valence-corrected chi connectivity index (χ1v) is 13.7. The summed E-state index contributed by atoms with van der Waals surface area (Å²) >= 11 is 13.5. The predicted octanol–water partition coefficient (Wildman–Crippen LogP) is 7.14. The maximum atomic E-state index is 13.4. The summed E-state index contributed by atoms with van der Waals surface area (Å²) in [5.74, 6) is -1.18. The number of urea groups is 1. The average Bonchev–Trinajstić information content (AvgIpc) is 3.33. The number of aliphatic carboxylic acids is 1. The normalized spacial score (nSPS) is 14.4. The molecule has 4 N–H and O–H groups in total. The Hall–Kier alpha value is -3.27. The van der Waals surface area contributed by atoms with Gasteiger partial charge in [0.1, 0.15) is 16.8 Å². The SMILES string of the molecule is COc1cccc(-c2cc(C(=O)N[C@H](C(=O)O)C3CCCCC3)c(NC(=O)Nc3c(Cl)cccc3Cl)s2)c1. The summed E-state index contributed by atoms with van der Waals surface area (Å²) < 4.78 is 5.32. The molecular formula is C27H27Cl2N3O5S. The molecule has 1 atom stereocenters.